The second-order valence-corrected chi connectivity index (χ2v) is 15.6. The number of nitrogens with zero attached hydrogens (tertiary/aromatic N) is 1. The molecule has 1 nitrogen and oxygen atoms in total. The summed E-state index contributed by atoms with van der Waals surface area (Å²) >= 11 is 0. The van der Waals surface area contributed by atoms with Crippen molar-refractivity contribution in [1.29, 1.82) is 0 Å². The van der Waals surface area contributed by atoms with Gasteiger partial charge in [0.2, 0.25) is 0 Å². The number of rotatable bonds is 12. The van der Waals surface area contributed by atoms with Crippen LogP contribution in [0.3, 0.4) is 0 Å². The van der Waals surface area contributed by atoms with E-state index in [0.717, 1.165) is 29.9 Å². The fourth-order valence-corrected chi connectivity index (χ4v) is 8.52. The molecule has 8 rings (SSSR count). The Labute approximate surface area is 345 Å². The lowest BCUT2D eigenvalue weighted by molar-refractivity contribution is 0.660. The van der Waals surface area contributed by atoms with Crippen LogP contribution in [-0.2, 0) is 5.41 Å². The maximum Gasteiger partial charge on any atom is 0.0468 e. The molecule has 2 aliphatic rings. The molecule has 2 aliphatic carbocycles. The Morgan fingerprint density at radius 1 is 0.621 bits per heavy atom. The SMILES string of the molecule is C=C/C=C\C=C\C/C=C\C(=C/C)N(c1ccc(-c2ccc(-c3ccc(C4C=CC=CC4)cc3)cc2)c(-c2ccccc2)c1)c1ccc2c(c1)C(C)(C)c1ccccc1-2. The standard InChI is InChI=1S/C57H51N/c1-5-7-8-9-10-11-18-25-48(6-2)58(50-37-39-53-52-26-19-20-27-55(52)57(3,4)56(53)41-50)49-36-38-51(54(40-49)46-23-16-13-17-24-46)47-34-32-45(33-35-47)44-30-28-43(29-31-44)42-21-14-12-15-22-42/h5-10,12-21,23-42H,1,11,22H2,2-4H3/b8-7-,10-9+,25-18-,48-6+. The van der Waals surface area contributed by atoms with Gasteiger partial charge in [-0.05, 0) is 111 Å². The number of hydrogen-bond acceptors (Lipinski definition) is 1. The Morgan fingerprint density at radius 3 is 2.00 bits per heavy atom. The molecule has 1 heteroatoms. The summed E-state index contributed by atoms with van der Waals surface area (Å²) in [7, 11) is 0. The highest BCUT2D eigenvalue weighted by Crippen LogP contribution is 2.50. The van der Waals surface area contributed by atoms with Gasteiger partial charge in [-0.25, -0.2) is 0 Å². The minimum Gasteiger partial charge on any atom is -0.311 e. The summed E-state index contributed by atoms with van der Waals surface area (Å²) in [5.41, 5.74) is 17.2. The molecule has 0 heterocycles. The highest BCUT2D eigenvalue weighted by atomic mass is 15.1. The number of fused-ring (bicyclic) bond motifs is 3. The zero-order valence-electron chi connectivity index (χ0n) is 33.9. The molecule has 0 saturated carbocycles. The first-order chi connectivity index (χ1) is 28.5. The fourth-order valence-electron chi connectivity index (χ4n) is 8.52. The first-order valence-electron chi connectivity index (χ1n) is 20.5. The molecule has 1 unspecified atom stereocenters. The normalized spacial score (nSPS) is 15.6. The van der Waals surface area contributed by atoms with Gasteiger partial charge in [-0.1, -0.05) is 203 Å². The molecule has 6 aromatic carbocycles. The Balaban J connectivity index is 1.18. The molecule has 6 aromatic rings. The third kappa shape index (κ3) is 7.82. The van der Waals surface area contributed by atoms with E-state index in [4.69, 9.17) is 0 Å². The van der Waals surface area contributed by atoms with Crippen LogP contribution < -0.4 is 4.90 Å². The van der Waals surface area contributed by atoms with E-state index in [2.05, 4.69) is 226 Å². The van der Waals surface area contributed by atoms with Crippen LogP contribution in [0.15, 0.2) is 225 Å². The van der Waals surface area contributed by atoms with E-state index in [-0.39, 0.29) is 5.41 Å². The molecule has 0 bridgehead atoms. The summed E-state index contributed by atoms with van der Waals surface area (Å²) < 4.78 is 0. The highest BCUT2D eigenvalue weighted by molar-refractivity contribution is 5.89. The van der Waals surface area contributed by atoms with Crippen LogP contribution in [0, 0.1) is 0 Å². The van der Waals surface area contributed by atoms with E-state index >= 15 is 0 Å². The molecular formula is C57H51N. The lowest BCUT2D eigenvalue weighted by Gasteiger charge is -2.29. The predicted octanol–water partition coefficient (Wildman–Crippen LogP) is 15.9. The zero-order chi connectivity index (χ0) is 39.9. The number of hydrogen-bond donors (Lipinski definition) is 0. The van der Waals surface area contributed by atoms with Crippen molar-refractivity contribution in [2.24, 2.45) is 0 Å². The van der Waals surface area contributed by atoms with Crippen LogP contribution in [0.4, 0.5) is 11.4 Å². The van der Waals surface area contributed by atoms with Crippen LogP contribution in [0.1, 0.15) is 56.2 Å². The number of benzene rings is 6. The molecule has 0 fully saturated rings. The van der Waals surface area contributed by atoms with Gasteiger partial charge in [-0.3, -0.25) is 0 Å². The average molecular weight is 750 g/mol. The maximum absolute atomic E-state index is 3.78. The van der Waals surface area contributed by atoms with Crippen molar-refractivity contribution in [2.45, 2.75) is 44.9 Å². The number of allylic oxidation sites excluding steroid dienone is 12. The van der Waals surface area contributed by atoms with E-state index in [1.54, 1.807) is 6.08 Å². The molecule has 0 aliphatic heterocycles. The first-order valence-corrected chi connectivity index (χ1v) is 20.5. The smallest absolute Gasteiger partial charge is 0.0468 e. The Bertz CT molecular complexity index is 2590. The van der Waals surface area contributed by atoms with Gasteiger partial charge in [0.1, 0.15) is 0 Å². The molecule has 0 spiro atoms. The Kier molecular flexibility index (Phi) is 11.3. The van der Waals surface area contributed by atoms with E-state index < -0.39 is 0 Å². The quantitative estimate of drug-likeness (QED) is 0.113. The van der Waals surface area contributed by atoms with E-state index in [9.17, 15) is 0 Å². The van der Waals surface area contributed by atoms with Crippen LogP contribution in [0.25, 0.3) is 44.5 Å². The molecule has 58 heavy (non-hydrogen) atoms. The van der Waals surface area contributed by atoms with E-state index in [1.807, 2.05) is 12.2 Å². The predicted molar refractivity (Wildman–Crippen MR) is 251 cm³/mol. The van der Waals surface area contributed by atoms with Crippen molar-refractivity contribution >= 4 is 11.4 Å². The summed E-state index contributed by atoms with van der Waals surface area (Å²) in [5, 5.41) is 0. The van der Waals surface area contributed by atoms with Crippen molar-refractivity contribution in [3.8, 4) is 44.5 Å². The second-order valence-electron chi connectivity index (χ2n) is 15.6. The lowest BCUT2D eigenvalue weighted by atomic mass is 9.82. The van der Waals surface area contributed by atoms with Crippen LogP contribution in [0.5, 0.6) is 0 Å². The van der Waals surface area contributed by atoms with E-state index in [0.29, 0.717) is 5.92 Å². The van der Waals surface area contributed by atoms with E-state index in [1.165, 1.54) is 61.2 Å². The van der Waals surface area contributed by atoms with Gasteiger partial charge >= 0.3 is 0 Å². The average Bonchev–Trinajstić information content (AvgIpc) is 3.51. The molecule has 0 saturated heterocycles. The molecular weight excluding hydrogens is 699 g/mol. The first kappa shape index (κ1) is 38.2. The topological polar surface area (TPSA) is 3.24 Å². The van der Waals surface area contributed by atoms with Crippen molar-refractivity contribution in [1.82, 2.24) is 0 Å². The van der Waals surface area contributed by atoms with Gasteiger partial charge in [-0.2, -0.15) is 0 Å². The summed E-state index contributed by atoms with van der Waals surface area (Å²) in [5.74, 6) is 0.454. The summed E-state index contributed by atoms with van der Waals surface area (Å²) in [6.45, 7) is 10.6. The van der Waals surface area contributed by atoms with Crippen molar-refractivity contribution in [2.75, 3.05) is 4.90 Å². The monoisotopic (exact) mass is 749 g/mol. The zero-order valence-corrected chi connectivity index (χ0v) is 33.9. The Hall–Kier alpha value is -6.70. The van der Waals surface area contributed by atoms with Gasteiger partial charge in [-0.15, -0.1) is 0 Å². The fraction of sp³-hybridized carbons (Fsp3) is 0.123. The van der Waals surface area contributed by atoms with Crippen LogP contribution in [-0.4, -0.2) is 0 Å². The maximum atomic E-state index is 3.78. The third-order valence-electron chi connectivity index (χ3n) is 11.6. The van der Waals surface area contributed by atoms with Crippen molar-refractivity contribution in [3.05, 3.63) is 241 Å². The molecule has 0 N–H and O–H groups in total. The third-order valence-corrected chi connectivity index (χ3v) is 11.6. The summed E-state index contributed by atoms with van der Waals surface area (Å²) in [6, 6.07) is 51.8. The minimum atomic E-state index is -0.110. The number of anilines is 2. The highest BCUT2D eigenvalue weighted by Gasteiger charge is 2.35. The van der Waals surface area contributed by atoms with Gasteiger partial charge < -0.3 is 4.90 Å². The van der Waals surface area contributed by atoms with Crippen molar-refractivity contribution in [3.63, 3.8) is 0 Å². The largest absolute Gasteiger partial charge is 0.311 e. The van der Waals surface area contributed by atoms with Gasteiger partial charge in [0, 0.05) is 28.4 Å². The molecule has 1 atom stereocenters. The molecule has 0 radical (unpaired) electrons. The Morgan fingerprint density at radius 2 is 1.28 bits per heavy atom. The molecule has 284 valence electrons. The molecule has 0 aromatic heterocycles. The van der Waals surface area contributed by atoms with Gasteiger partial charge in [0.15, 0.2) is 0 Å². The summed E-state index contributed by atoms with van der Waals surface area (Å²) in [4.78, 5) is 2.42. The minimum absolute atomic E-state index is 0.110. The second kappa shape index (κ2) is 17.2. The molecule has 0 amide bonds. The van der Waals surface area contributed by atoms with Gasteiger partial charge in [0.25, 0.3) is 0 Å². The van der Waals surface area contributed by atoms with Crippen LogP contribution >= 0.6 is 0 Å². The van der Waals surface area contributed by atoms with Gasteiger partial charge in [0.05, 0.1) is 0 Å². The lowest BCUT2D eigenvalue weighted by Crippen LogP contribution is -2.18. The van der Waals surface area contributed by atoms with Crippen molar-refractivity contribution < 1.29 is 0 Å². The van der Waals surface area contributed by atoms with Crippen LogP contribution in [0.2, 0.25) is 0 Å². The summed E-state index contributed by atoms with van der Waals surface area (Å²) in [6.07, 6.45) is 27.4.